The van der Waals surface area contributed by atoms with E-state index in [4.69, 9.17) is 0 Å². The lowest BCUT2D eigenvalue weighted by molar-refractivity contribution is 0.135. The van der Waals surface area contributed by atoms with E-state index < -0.39 is 0 Å². The Morgan fingerprint density at radius 1 is 0.433 bits per heavy atom. The summed E-state index contributed by atoms with van der Waals surface area (Å²) in [5.74, 6) is 0. The van der Waals surface area contributed by atoms with E-state index in [-0.39, 0.29) is 0 Å². The SMILES string of the molecule is CCCCCCCCCC1N(CCCCCCCC)C=CN1CCCCCCCC. The molecule has 1 rings (SSSR count). The van der Waals surface area contributed by atoms with Gasteiger partial charge in [-0.05, 0) is 25.7 Å². The molecule has 0 fully saturated rings. The Kier molecular flexibility index (Phi) is 18.5. The van der Waals surface area contributed by atoms with Crippen molar-refractivity contribution in [3.8, 4) is 0 Å². The topological polar surface area (TPSA) is 6.48 Å². The molecule has 2 heteroatoms. The summed E-state index contributed by atoms with van der Waals surface area (Å²) in [5.41, 5.74) is 0. The summed E-state index contributed by atoms with van der Waals surface area (Å²) in [5, 5.41) is 0. The third-order valence-electron chi connectivity index (χ3n) is 6.82. The second kappa shape index (κ2) is 20.3. The average molecular weight is 421 g/mol. The number of rotatable bonds is 22. The molecule has 2 nitrogen and oxygen atoms in total. The fourth-order valence-electron chi connectivity index (χ4n) is 4.77. The molecule has 0 radical (unpaired) electrons. The molecule has 0 aromatic rings. The number of nitrogens with zero attached hydrogens (tertiary/aromatic N) is 2. The third kappa shape index (κ3) is 13.6. The van der Waals surface area contributed by atoms with Gasteiger partial charge in [-0.1, -0.05) is 124 Å². The molecular formula is C28H56N2. The lowest BCUT2D eigenvalue weighted by Gasteiger charge is -2.33. The smallest absolute Gasteiger partial charge is 0.101 e. The minimum absolute atomic E-state index is 0.645. The van der Waals surface area contributed by atoms with Crippen LogP contribution in [0.4, 0.5) is 0 Å². The van der Waals surface area contributed by atoms with E-state index in [1.165, 1.54) is 142 Å². The van der Waals surface area contributed by atoms with Crippen molar-refractivity contribution >= 4 is 0 Å². The summed E-state index contributed by atoms with van der Waals surface area (Å²) >= 11 is 0. The highest BCUT2D eigenvalue weighted by atomic mass is 15.4. The molecule has 0 amide bonds. The monoisotopic (exact) mass is 420 g/mol. The zero-order chi connectivity index (χ0) is 21.7. The first-order chi connectivity index (χ1) is 14.8. The van der Waals surface area contributed by atoms with Crippen molar-refractivity contribution in [1.29, 1.82) is 0 Å². The van der Waals surface area contributed by atoms with Crippen molar-refractivity contribution in [3.63, 3.8) is 0 Å². The lowest BCUT2D eigenvalue weighted by Crippen LogP contribution is -2.39. The van der Waals surface area contributed by atoms with Gasteiger partial charge in [-0.2, -0.15) is 0 Å². The molecule has 0 unspecified atom stereocenters. The summed E-state index contributed by atoms with van der Waals surface area (Å²) in [6, 6.07) is 0. The Morgan fingerprint density at radius 2 is 0.767 bits per heavy atom. The second-order valence-electron chi connectivity index (χ2n) is 9.70. The molecule has 0 bridgehead atoms. The Morgan fingerprint density at radius 3 is 1.17 bits per heavy atom. The number of unbranched alkanes of at least 4 members (excludes halogenated alkanes) is 16. The van der Waals surface area contributed by atoms with Crippen LogP contribution in [0.5, 0.6) is 0 Å². The van der Waals surface area contributed by atoms with E-state index >= 15 is 0 Å². The molecule has 1 aliphatic heterocycles. The van der Waals surface area contributed by atoms with Crippen LogP contribution in [0.1, 0.15) is 149 Å². The molecule has 0 aromatic heterocycles. The summed E-state index contributed by atoms with van der Waals surface area (Å²) in [4.78, 5) is 5.35. The summed E-state index contributed by atoms with van der Waals surface area (Å²) in [6.45, 7) is 9.45. The Hall–Kier alpha value is -0.660. The zero-order valence-corrected chi connectivity index (χ0v) is 21.2. The molecule has 0 atom stereocenters. The molecule has 0 saturated heterocycles. The van der Waals surface area contributed by atoms with Crippen LogP contribution < -0.4 is 0 Å². The van der Waals surface area contributed by atoms with Crippen molar-refractivity contribution < 1.29 is 0 Å². The Labute approximate surface area is 190 Å². The maximum atomic E-state index is 2.67. The van der Waals surface area contributed by atoms with Gasteiger partial charge in [0.1, 0.15) is 6.17 Å². The molecule has 0 saturated carbocycles. The van der Waals surface area contributed by atoms with E-state index in [0.717, 1.165) is 0 Å². The van der Waals surface area contributed by atoms with Crippen molar-refractivity contribution in [2.24, 2.45) is 0 Å². The molecule has 1 heterocycles. The first kappa shape index (κ1) is 27.4. The van der Waals surface area contributed by atoms with Crippen LogP contribution in [0.2, 0.25) is 0 Å². The van der Waals surface area contributed by atoms with E-state index in [1.807, 2.05) is 0 Å². The fourth-order valence-corrected chi connectivity index (χ4v) is 4.77. The highest BCUT2D eigenvalue weighted by Gasteiger charge is 2.24. The van der Waals surface area contributed by atoms with Crippen molar-refractivity contribution in [3.05, 3.63) is 12.4 Å². The van der Waals surface area contributed by atoms with Gasteiger partial charge in [-0.3, -0.25) is 0 Å². The molecule has 178 valence electrons. The molecule has 0 aromatic carbocycles. The lowest BCUT2D eigenvalue weighted by atomic mass is 10.1. The van der Waals surface area contributed by atoms with Crippen molar-refractivity contribution in [2.75, 3.05) is 13.1 Å². The third-order valence-corrected chi connectivity index (χ3v) is 6.82. The van der Waals surface area contributed by atoms with Crippen LogP contribution in [0.25, 0.3) is 0 Å². The van der Waals surface area contributed by atoms with Crippen LogP contribution in [0.3, 0.4) is 0 Å². The average Bonchev–Trinajstić information content (AvgIpc) is 3.14. The first-order valence-electron chi connectivity index (χ1n) is 14.0. The summed E-state index contributed by atoms with van der Waals surface area (Å²) < 4.78 is 0. The normalized spacial score (nSPS) is 14.4. The minimum Gasteiger partial charge on any atom is -0.356 e. The predicted molar refractivity (Wildman–Crippen MR) is 136 cm³/mol. The largest absolute Gasteiger partial charge is 0.356 e. The van der Waals surface area contributed by atoms with Gasteiger partial charge in [0.2, 0.25) is 0 Å². The number of hydrogen-bond donors (Lipinski definition) is 0. The molecule has 1 aliphatic rings. The van der Waals surface area contributed by atoms with Crippen molar-refractivity contribution in [1.82, 2.24) is 9.80 Å². The van der Waals surface area contributed by atoms with E-state index in [0.29, 0.717) is 6.17 Å². The van der Waals surface area contributed by atoms with Crippen LogP contribution in [0.15, 0.2) is 12.4 Å². The van der Waals surface area contributed by atoms with Gasteiger partial charge in [-0.25, -0.2) is 0 Å². The molecule has 0 N–H and O–H groups in total. The highest BCUT2D eigenvalue weighted by Crippen LogP contribution is 2.23. The predicted octanol–water partition coefficient (Wildman–Crippen LogP) is 9.26. The van der Waals surface area contributed by atoms with Gasteiger partial charge in [0.05, 0.1) is 0 Å². The summed E-state index contributed by atoms with van der Waals surface area (Å²) in [6.07, 6.45) is 33.5. The molecule has 0 spiro atoms. The van der Waals surface area contributed by atoms with Gasteiger partial charge in [0.15, 0.2) is 0 Å². The zero-order valence-electron chi connectivity index (χ0n) is 21.2. The molecular weight excluding hydrogens is 364 g/mol. The summed E-state index contributed by atoms with van der Waals surface area (Å²) in [7, 11) is 0. The van der Waals surface area contributed by atoms with Gasteiger partial charge < -0.3 is 9.80 Å². The van der Waals surface area contributed by atoms with Crippen LogP contribution in [0, 0.1) is 0 Å². The first-order valence-corrected chi connectivity index (χ1v) is 14.0. The Bertz CT molecular complexity index is 353. The molecule has 30 heavy (non-hydrogen) atoms. The van der Waals surface area contributed by atoms with Gasteiger partial charge in [0, 0.05) is 25.5 Å². The highest BCUT2D eigenvalue weighted by molar-refractivity contribution is 4.97. The van der Waals surface area contributed by atoms with E-state index in [9.17, 15) is 0 Å². The Balaban J connectivity index is 2.30. The van der Waals surface area contributed by atoms with Gasteiger partial charge >= 0.3 is 0 Å². The van der Waals surface area contributed by atoms with Crippen LogP contribution in [-0.4, -0.2) is 29.1 Å². The number of hydrogen-bond acceptors (Lipinski definition) is 2. The van der Waals surface area contributed by atoms with Crippen LogP contribution >= 0.6 is 0 Å². The standard InChI is InChI=1S/C28H56N2/c1-4-7-10-13-16-17-20-23-28-29(24-21-18-14-11-8-5-2)26-27-30(28)25-22-19-15-12-9-6-3/h26-28H,4-25H2,1-3H3. The fraction of sp³-hybridized carbons (Fsp3) is 0.929. The van der Waals surface area contributed by atoms with Crippen LogP contribution in [-0.2, 0) is 0 Å². The maximum absolute atomic E-state index is 2.67. The quantitative estimate of drug-likeness (QED) is 0.161. The van der Waals surface area contributed by atoms with Gasteiger partial charge in [0.25, 0.3) is 0 Å². The van der Waals surface area contributed by atoms with Crippen molar-refractivity contribution in [2.45, 2.75) is 155 Å². The second-order valence-corrected chi connectivity index (χ2v) is 9.70. The van der Waals surface area contributed by atoms with E-state index in [1.54, 1.807) is 0 Å². The van der Waals surface area contributed by atoms with Gasteiger partial charge in [-0.15, -0.1) is 0 Å². The molecule has 0 aliphatic carbocycles. The minimum atomic E-state index is 0.645. The van der Waals surface area contributed by atoms with E-state index in [2.05, 4.69) is 43.0 Å². The maximum Gasteiger partial charge on any atom is 0.101 e.